The number of ether oxygens (including phenoxy) is 1. The van der Waals surface area contributed by atoms with Crippen molar-refractivity contribution < 1.29 is 23.8 Å². The lowest BCUT2D eigenvalue weighted by Crippen LogP contribution is -2.65. The molecule has 3 rings (SSSR count). The van der Waals surface area contributed by atoms with Gasteiger partial charge in [0.15, 0.2) is 5.70 Å². The van der Waals surface area contributed by atoms with Crippen molar-refractivity contribution in [1.82, 2.24) is 20.4 Å². The molecule has 1 unspecified atom stereocenters. The molecule has 2 amide bonds. The van der Waals surface area contributed by atoms with Crippen LogP contribution in [0.4, 0.5) is 10.1 Å². The summed E-state index contributed by atoms with van der Waals surface area (Å²) in [5.74, 6) is -2.16. The molecule has 1 aromatic rings. The third-order valence-electron chi connectivity index (χ3n) is 6.68. The Bertz CT molecular complexity index is 985. The number of likely N-dealkylation sites (N-methyl/N-ethyl adjacent to an activating group) is 2. The highest BCUT2D eigenvalue weighted by Gasteiger charge is 2.47. The minimum Gasteiger partial charge on any atom is -0.501 e. The molecule has 1 fully saturated rings. The molecule has 1 aromatic carbocycles. The summed E-state index contributed by atoms with van der Waals surface area (Å²) in [6, 6.07) is 3.88. The molecule has 10 heteroatoms. The van der Waals surface area contributed by atoms with Crippen LogP contribution in [0.3, 0.4) is 0 Å². The number of hydrogen-bond donors (Lipinski definition) is 3. The number of hydrogen-bond acceptors (Lipinski definition) is 7. The molecule has 1 saturated heterocycles. The van der Waals surface area contributed by atoms with Gasteiger partial charge in [0.1, 0.15) is 12.0 Å². The van der Waals surface area contributed by atoms with E-state index in [1.54, 1.807) is 36.0 Å². The lowest BCUT2D eigenvalue weighted by molar-refractivity contribution is -0.145. The molecule has 35 heavy (non-hydrogen) atoms. The quantitative estimate of drug-likeness (QED) is 0.455. The van der Waals surface area contributed by atoms with E-state index in [1.807, 2.05) is 18.9 Å². The number of aliphatic hydroxyl groups excluding tert-OH is 1. The predicted octanol–water partition coefficient (Wildman–Crippen LogP) is 1.72. The monoisotopic (exact) mass is 489 g/mol. The molecule has 0 bridgehead atoms. The molecule has 9 nitrogen and oxygen atoms in total. The van der Waals surface area contributed by atoms with Gasteiger partial charge in [0.05, 0.1) is 25.3 Å². The predicted molar refractivity (Wildman–Crippen MR) is 132 cm³/mol. The molecule has 2 aliphatic heterocycles. The maximum absolute atomic E-state index is 13.9. The summed E-state index contributed by atoms with van der Waals surface area (Å²) in [6.07, 6.45) is 2.64. The minimum atomic E-state index is -0.598. The zero-order valence-electron chi connectivity index (χ0n) is 20.9. The molecule has 2 aliphatic rings. The SMILES string of the molecule is C=CCCN(C)c1cc(F)ccc1CNC(=O)C1=C(O)C(=O)N2C([C@H](NC)COC[C@@H]2CC)N1C. The van der Waals surface area contributed by atoms with E-state index in [0.717, 1.165) is 6.42 Å². The maximum Gasteiger partial charge on any atom is 0.293 e. The summed E-state index contributed by atoms with van der Waals surface area (Å²) >= 11 is 0. The number of carbonyl (C=O) groups is 2. The van der Waals surface area contributed by atoms with Crippen molar-refractivity contribution in [2.24, 2.45) is 0 Å². The molecule has 3 N–H and O–H groups in total. The van der Waals surface area contributed by atoms with Crippen molar-refractivity contribution in [2.45, 2.75) is 44.6 Å². The average molecular weight is 490 g/mol. The Kier molecular flexibility index (Phi) is 8.74. The van der Waals surface area contributed by atoms with Crippen molar-refractivity contribution in [2.75, 3.05) is 45.8 Å². The highest BCUT2D eigenvalue weighted by molar-refractivity contribution is 6.04. The van der Waals surface area contributed by atoms with E-state index >= 15 is 0 Å². The molecule has 0 radical (unpaired) electrons. The Morgan fingerprint density at radius 2 is 2.14 bits per heavy atom. The minimum absolute atomic E-state index is 0.0935. The highest BCUT2D eigenvalue weighted by atomic mass is 19.1. The van der Waals surface area contributed by atoms with Gasteiger partial charge in [0.2, 0.25) is 5.76 Å². The van der Waals surface area contributed by atoms with Crippen molar-refractivity contribution in [3.8, 4) is 0 Å². The molecule has 0 aromatic heterocycles. The van der Waals surface area contributed by atoms with Crippen LogP contribution in [-0.4, -0.2) is 85.9 Å². The number of halogens is 1. The van der Waals surface area contributed by atoms with E-state index in [4.69, 9.17) is 4.74 Å². The van der Waals surface area contributed by atoms with Crippen LogP contribution in [0.1, 0.15) is 25.3 Å². The number of benzene rings is 1. The normalized spacial score (nSPS) is 22.5. The summed E-state index contributed by atoms with van der Waals surface area (Å²) in [7, 11) is 5.30. The van der Waals surface area contributed by atoms with Crippen molar-refractivity contribution >= 4 is 17.5 Å². The van der Waals surface area contributed by atoms with Crippen molar-refractivity contribution in [3.63, 3.8) is 0 Å². The van der Waals surface area contributed by atoms with E-state index in [9.17, 15) is 19.1 Å². The van der Waals surface area contributed by atoms with Gasteiger partial charge in [-0.25, -0.2) is 4.39 Å². The molecule has 3 atom stereocenters. The number of aliphatic hydroxyl groups is 1. The van der Waals surface area contributed by atoms with Gasteiger partial charge >= 0.3 is 0 Å². The van der Waals surface area contributed by atoms with Gasteiger partial charge in [-0.05, 0) is 37.6 Å². The van der Waals surface area contributed by atoms with Crippen LogP contribution in [-0.2, 0) is 20.9 Å². The zero-order valence-corrected chi connectivity index (χ0v) is 20.9. The Labute approximate surface area is 206 Å². The first-order chi connectivity index (χ1) is 16.7. The number of fused-ring (bicyclic) bond motifs is 1. The second-order valence-electron chi connectivity index (χ2n) is 8.88. The van der Waals surface area contributed by atoms with Crippen LogP contribution in [0.5, 0.6) is 0 Å². The number of carbonyl (C=O) groups excluding carboxylic acids is 2. The number of nitrogens with one attached hydrogen (secondary N) is 2. The summed E-state index contributed by atoms with van der Waals surface area (Å²) in [5.41, 5.74) is 1.25. The van der Waals surface area contributed by atoms with Gasteiger partial charge < -0.3 is 35.2 Å². The molecule has 0 saturated carbocycles. The highest BCUT2D eigenvalue weighted by Crippen LogP contribution is 2.30. The molecule has 0 aliphatic carbocycles. The van der Waals surface area contributed by atoms with E-state index in [0.29, 0.717) is 37.4 Å². The first-order valence-electron chi connectivity index (χ1n) is 11.9. The van der Waals surface area contributed by atoms with Crippen molar-refractivity contribution in [1.29, 1.82) is 0 Å². The second-order valence-corrected chi connectivity index (χ2v) is 8.88. The van der Waals surface area contributed by atoms with E-state index in [1.165, 1.54) is 12.1 Å². The fourth-order valence-electron chi connectivity index (χ4n) is 4.69. The lowest BCUT2D eigenvalue weighted by Gasteiger charge is -2.47. The second kappa shape index (κ2) is 11.5. The van der Waals surface area contributed by atoms with E-state index in [2.05, 4.69) is 17.2 Å². The summed E-state index contributed by atoms with van der Waals surface area (Å²) in [4.78, 5) is 31.6. The fraction of sp³-hybridized carbons (Fsp3) is 0.520. The largest absolute Gasteiger partial charge is 0.501 e. The van der Waals surface area contributed by atoms with Crippen LogP contribution in [0.2, 0.25) is 0 Å². The number of nitrogens with zero attached hydrogens (tertiary/aromatic N) is 3. The number of amides is 2. The smallest absolute Gasteiger partial charge is 0.293 e. The molecule has 2 heterocycles. The Morgan fingerprint density at radius 3 is 2.80 bits per heavy atom. The Morgan fingerprint density at radius 1 is 1.40 bits per heavy atom. The van der Waals surface area contributed by atoms with Gasteiger partial charge in [-0.15, -0.1) is 6.58 Å². The molecular formula is C25H36FN5O4. The maximum atomic E-state index is 13.9. The average Bonchev–Trinajstić information content (AvgIpc) is 3.04. The first-order valence-corrected chi connectivity index (χ1v) is 11.9. The van der Waals surface area contributed by atoms with Gasteiger partial charge in [-0.3, -0.25) is 9.59 Å². The van der Waals surface area contributed by atoms with Gasteiger partial charge in [-0.2, -0.15) is 0 Å². The zero-order chi connectivity index (χ0) is 25.7. The van der Waals surface area contributed by atoms with Crippen LogP contribution in [0, 0.1) is 5.82 Å². The Hall–Kier alpha value is -3.11. The molecular weight excluding hydrogens is 453 g/mol. The number of anilines is 1. The van der Waals surface area contributed by atoms with Crippen LogP contribution >= 0.6 is 0 Å². The summed E-state index contributed by atoms with van der Waals surface area (Å²) in [6.45, 7) is 7.12. The fourth-order valence-corrected chi connectivity index (χ4v) is 4.69. The number of rotatable bonds is 9. The lowest BCUT2D eigenvalue weighted by atomic mass is 10.0. The van der Waals surface area contributed by atoms with Crippen LogP contribution in [0.15, 0.2) is 42.3 Å². The Balaban J connectivity index is 1.86. The van der Waals surface area contributed by atoms with Crippen LogP contribution < -0.4 is 15.5 Å². The van der Waals surface area contributed by atoms with E-state index < -0.39 is 23.7 Å². The van der Waals surface area contributed by atoms with Crippen LogP contribution in [0.25, 0.3) is 0 Å². The third-order valence-corrected chi connectivity index (χ3v) is 6.68. The first kappa shape index (κ1) is 26.5. The summed E-state index contributed by atoms with van der Waals surface area (Å²) < 4.78 is 19.7. The van der Waals surface area contributed by atoms with E-state index in [-0.39, 0.29) is 30.1 Å². The summed E-state index contributed by atoms with van der Waals surface area (Å²) in [5, 5.41) is 16.8. The van der Waals surface area contributed by atoms with Crippen molar-refractivity contribution in [3.05, 3.63) is 53.7 Å². The topological polar surface area (TPSA) is 97.4 Å². The van der Waals surface area contributed by atoms with Gasteiger partial charge in [-0.1, -0.05) is 19.1 Å². The molecule has 0 spiro atoms. The van der Waals surface area contributed by atoms with Gasteiger partial charge in [0.25, 0.3) is 11.8 Å². The third kappa shape index (κ3) is 5.43. The molecule has 192 valence electrons. The van der Waals surface area contributed by atoms with Gasteiger partial charge in [0, 0.05) is 32.9 Å². The standard InChI is InChI=1S/C25H36FN5O4/c1-6-8-11-29(4)20-12-17(26)10-9-16(20)13-28-23(33)21-22(32)25(34)31-18(7-2)14-35-15-19(27-3)24(31)30(21)5/h6,9-10,12,18-19,24,27,32H,1,7-8,11,13-15H2,2-5H3,(H,28,33)/t18-,19+,24?/m0/s1.